The lowest BCUT2D eigenvalue weighted by atomic mass is 10.0. The molecule has 0 saturated heterocycles. The SMILES string of the molecule is C#Cc1cc(-c2ccccc2)nc2ccccc12. The Hall–Kier alpha value is -2.59. The average molecular weight is 229 g/mol. The number of hydrogen-bond acceptors (Lipinski definition) is 1. The maximum atomic E-state index is 5.59. The fraction of sp³-hybridized carbons (Fsp3) is 0. The molecule has 0 aliphatic carbocycles. The van der Waals surface area contributed by atoms with E-state index < -0.39 is 0 Å². The van der Waals surface area contributed by atoms with E-state index >= 15 is 0 Å². The Morgan fingerprint density at radius 3 is 2.39 bits per heavy atom. The van der Waals surface area contributed by atoms with Crippen molar-refractivity contribution >= 4 is 10.9 Å². The molecule has 0 aliphatic rings. The largest absolute Gasteiger partial charge is 0.248 e. The van der Waals surface area contributed by atoms with Crippen LogP contribution < -0.4 is 0 Å². The Labute approximate surface area is 106 Å². The fourth-order valence-electron chi connectivity index (χ4n) is 2.05. The minimum absolute atomic E-state index is 0.888. The van der Waals surface area contributed by atoms with Crippen molar-refractivity contribution in [1.82, 2.24) is 4.98 Å². The maximum Gasteiger partial charge on any atom is 0.0722 e. The zero-order chi connectivity index (χ0) is 12.4. The van der Waals surface area contributed by atoms with Gasteiger partial charge in [-0.25, -0.2) is 4.98 Å². The second-order valence-corrected chi connectivity index (χ2v) is 4.08. The van der Waals surface area contributed by atoms with Crippen molar-refractivity contribution in [3.05, 3.63) is 66.2 Å². The van der Waals surface area contributed by atoms with Gasteiger partial charge in [-0.2, -0.15) is 0 Å². The highest BCUT2D eigenvalue weighted by molar-refractivity contribution is 5.87. The van der Waals surface area contributed by atoms with Gasteiger partial charge in [0.1, 0.15) is 0 Å². The van der Waals surface area contributed by atoms with Gasteiger partial charge in [-0.3, -0.25) is 0 Å². The lowest BCUT2D eigenvalue weighted by molar-refractivity contribution is 1.39. The van der Waals surface area contributed by atoms with Crippen molar-refractivity contribution in [2.45, 2.75) is 0 Å². The van der Waals surface area contributed by atoms with Gasteiger partial charge >= 0.3 is 0 Å². The van der Waals surface area contributed by atoms with Crippen LogP contribution >= 0.6 is 0 Å². The molecule has 18 heavy (non-hydrogen) atoms. The van der Waals surface area contributed by atoms with E-state index in [1.165, 1.54) is 0 Å². The molecule has 3 rings (SSSR count). The molecule has 3 aromatic rings. The Bertz CT molecular complexity index is 736. The Kier molecular flexibility index (Phi) is 2.55. The smallest absolute Gasteiger partial charge is 0.0722 e. The average Bonchev–Trinajstić information content (AvgIpc) is 2.47. The van der Waals surface area contributed by atoms with E-state index in [4.69, 9.17) is 6.42 Å². The first-order valence-corrected chi connectivity index (χ1v) is 5.80. The molecule has 0 aliphatic heterocycles. The van der Waals surface area contributed by atoms with Gasteiger partial charge in [0.05, 0.1) is 11.2 Å². The fourth-order valence-corrected chi connectivity index (χ4v) is 2.05. The molecule has 84 valence electrons. The number of nitrogens with zero attached hydrogens (tertiary/aromatic N) is 1. The third kappa shape index (κ3) is 1.74. The van der Waals surface area contributed by atoms with Gasteiger partial charge in [0.25, 0.3) is 0 Å². The molecule has 0 saturated carbocycles. The van der Waals surface area contributed by atoms with E-state index in [9.17, 15) is 0 Å². The highest BCUT2D eigenvalue weighted by Crippen LogP contribution is 2.23. The van der Waals surface area contributed by atoms with Gasteiger partial charge in [-0.15, -0.1) is 6.42 Å². The summed E-state index contributed by atoms with van der Waals surface area (Å²) in [7, 11) is 0. The molecule has 0 bridgehead atoms. The number of rotatable bonds is 1. The molecule has 0 N–H and O–H groups in total. The van der Waals surface area contributed by atoms with Crippen LogP contribution in [0.25, 0.3) is 22.2 Å². The van der Waals surface area contributed by atoms with Crippen LogP contribution in [0.4, 0.5) is 0 Å². The molecule has 2 aromatic carbocycles. The molecule has 0 radical (unpaired) electrons. The Morgan fingerprint density at radius 2 is 1.61 bits per heavy atom. The lowest BCUT2D eigenvalue weighted by Gasteiger charge is -2.05. The topological polar surface area (TPSA) is 12.9 Å². The summed E-state index contributed by atoms with van der Waals surface area (Å²) in [6.45, 7) is 0. The van der Waals surface area contributed by atoms with Crippen LogP contribution in [-0.2, 0) is 0 Å². The van der Waals surface area contributed by atoms with E-state index in [0.717, 1.165) is 27.7 Å². The summed E-state index contributed by atoms with van der Waals surface area (Å²) in [6, 6.07) is 20.0. The van der Waals surface area contributed by atoms with Crippen molar-refractivity contribution < 1.29 is 0 Å². The molecule has 0 unspecified atom stereocenters. The Balaban J connectivity index is 2.30. The first-order chi connectivity index (χ1) is 8.88. The minimum Gasteiger partial charge on any atom is -0.248 e. The van der Waals surface area contributed by atoms with Crippen LogP contribution in [0.15, 0.2) is 60.7 Å². The summed E-state index contributed by atoms with van der Waals surface area (Å²) in [6.07, 6.45) is 5.59. The molecule has 0 amide bonds. The normalized spacial score (nSPS) is 10.2. The number of pyridine rings is 1. The first kappa shape index (κ1) is 10.6. The zero-order valence-electron chi connectivity index (χ0n) is 9.80. The zero-order valence-corrected chi connectivity index (χ0v) is 9.80. The molecule has 0 spiro atoms. The molecule has 0 fully saturated rings. The van der Waals surface area contributed by atoms with Crippen LogP contribution in [0.3, 0.4) is 0 Å². The molecule has 0 atom stereocenters. The van der Waals surface area contributed by atoms with Gasteiger partial charge in [0, 0.05) is 16.5 Å². The summed E-state index contributed by atoms with van der Waals surface area (Å²) in [5, 5.41) is 1.03. The van der Waals surface area contributed by atoms with Gasteiger partial charge in [-0.05, 0) is 12.1 Å². The van der Waals surface area contributed by atoms with Crippen molar-refractivity contribution in [1.29, 1.82) is 0 Å². The van der Waals surface area contributed by atoms with Gasteiger partial charge in [-0.1, -0.05) is 54.5 Å². The van der Waals surface area contributed by atoms with E-state index in [0.29, 0.717) is 0 Å². The first-order valence-electron chi connectivity index (χ1n) is 5.80. The van der Waals surface area contributed by atoms with Crippen molar-refractivity contribution in [3.8, 4) is 23.6 Å². The number of terminal acetylenes is 1. The molecular formula is C17H11N. The van der Waals surface area contributed by atoms with Crippen LogP contribution in [0, 0.1) is 12.3 Å². The quantitative estimate of drug-likeness (QED) is 0.577. The molecular weight excluding hydrogens is 218 g/mol. The number of benzene rings is 2. The summed E-state index contributed by atoms with van der Waals surface area (Å²) in [5.41, 5.74) is 3.83. The molecule has 1 nitrogen and oxygen atoms in total. The number of aromatic nitrogens is 1. The summed E-state index contributed by atoms with van der Waals surface area (Å²) < 4.78 is 0. The third-order valence-electron chi connectivity index (χ3n) is 2.94. The van der Waals surface area contributed by atoms with Gasteiger partial charge in [0.15, 0.2) is 0 Å². The summed E-state index contributed by atoms with van der Waals surface area (Å²) >= 11 is 0. The van der Waals surface area contributed by atoms with E-state index in [-0.39, 0.29) is 0 Å². The summed E-state index contributed by atoms with van der Waals surface area (Å²) in [5.74, 6) is 2.74. The predicted octanol–water partition coefficient (Wildman–Crippen LogP) is 3.88. The van der Waals surface area contributed by atoms with Crippen LogP contribution in [0.1, 0.15) is 5.56 Å². The highest BCUT2D eigenvalue weighted by atomic mass is 14.7. The predicted molar refractivity (Wildman–Crippen MR) is 75.1 cm³/mol. The lowest BCUT2D eigenvalue weighted by Crippen LogP contribution is -1.88. The molecule has 1 heteroatoms. The summed E-state index contributed by atoms with van der Waals surface area (Å²) in [4.78, 5) is 4.66. The van der Waals surface area contributed by atoms with Crippen molar-refractivity contribution in [3.63, 3.8) is 0 Å². The van der Waals surface area contributed by atoms with Crippen LogP contribution in [-0.4, -0.2) is 4.98 Å². The van der Waals surface area contributed by atoms with Crippen molar-refractivity contribution in [2.75, 3.05) is 0 Å². The second kappa shape index (κ2) is 4.35. The van der Waals surface area contributed by atoms with Crippen LogP contribution in [0.2, 0.25) is 0 Å². The molecule has 1 aromatic heterocycles. The Morgan fingerprint density at radius 1 is 0.889 bits per heavy atom. The van der Waals surface area contributed by atoms with Crippen LogP contribution in [0.5, 0.6) is 0 Å². The number of hydrogen-bond donors (Lipinski definition) is 0. The second-order valence-electron chi connectivity index (χ2n) is 4.08. The number of fused-ring (bicyclic) bond motifs is 1. The number of para-hydroxylation sites is 1. The van der Waals surface area contributed by atoms with E-state index in [1.54, 1.807) is 0 Å². The van der Waals surface area contributed by atoms with Gasteiger partial charge in [0.2, 0.25) is 0 Å². The monoisotopic (exact) mass is 229 g/mol. The molecule has 1 heterocycles. The van der Waals surface area contributed by atoms with Crippen molar-refractivity contribution in [2.24, 2.45) is 0 Å². The highest BCUT2D eigenvalue weighted by Gasteiger charge is 2.05. The van der Waals surface area contributed by atoms with E-state index in [1.807, 2.05) is 60.7 Å². The third-order valence-corrected chi connectivity index (χ3v) is 2.94. The standard InChI is InChI=1S/C17H11N/c1-2-13-12-17(14-8-4-3-5-9-14)18-16-11-7-6-10-15(13)16/h1,3-12H. The minimum atomic E-state index is 0.888. The maximum absolute atomic E-state index is 5.59. The van der Waals surface area contributed by atoms with E-state index in [2.05, 4.69) is 10.9 Å². The van der Waals surface area contributed by atoms with Gasteiger partial charge < -0.3 is 0 Å².